The summed E-state index contributed by atoms with van der Waals surface area (Å²) in [6, 6.07) is 0. The molecule has 0 aromatic rings. The zero-order valence-corrected chi connectivity index (χ0v) is 12.3. The summed E-state index contributed by atoms with van der Waals surface area (Å²) >= 11 is 0. The Kier molecular flexibility index (Phi) is 5.03. The molecule has 0 heterocycles. The summed E-state index contributed by atoms with van der Waals surface area (Å²) < 4.78 is 247. The smallest absolute Gasteiger partial charge is 0.199 e. The lowest BCUT2D eigenvalue weighted by atomic mass is 9.60. The number of hydrogen-bond acceptors (Lipinski definition) is 0. The molecule has 0 bridgehead atoms. The van der Waals surface area contributed by atoms with Crippen LogP contribution in [-0.2, 0) is 0 Å². The molecule has 0 nitrogen and oxygen atoms in total. The van der Waals surface area contributed by atoms with Gasteiger partial charge in [0.1, 0.15) is 5.92 Å². The Hall–Kier alpha value is -1.33. The van der Waals surface area contributed by atoms with Crippen molar-refractivity contribution in [2.45, 2.75) is 48.1 Å². The van der Waals surface area contributed by atoms with Gasteiger partial charge < -0.3 is 0 Å². The van der Waals surface area contributed by atoms with Crippen molar-refractivity contribution < 1.29 is 83.4 Å². The van der Waals surface area contributed by atoms with E-state index in [-0.39, 0.29) is 0 Å². The summed E-state index contributed by atoms with van der Waals surface area (Å²) in [4.78, 5) is 0. The lowest BCUT2D eigenvalue weighted by Crippen LogP contribution is -2.84. The summed E-state index contributed by atoms with van der Waals surface area (Å²) in [5.74, 6) is -48.5. The highest BCUT2D eigenvalue weighted by Gasteiger charge is 3.03. The highest BCUT2D eigenvalue weighted by molar-refractivity contribution is 5.25. The molecule has 0 radical (unpaired) electrons. The van der Waals surface area contributed by atoms with Gasteiger partial charge in [-0.3, -0.25) is 0 Å². The molecule has 0 spiro atoms. The van der Waals surface area contributed by atoms with Gasteiger partial charge in [-0.2, -0.15) is 83.4 Å². The van der Waals surface area contributed by atoms with Gasteiger partial charge >= 0.3 is 48.1 Å². The lowest BCUT2D eigenvalue weighted by Gasteiger charge is -2.55. The summed E-state index contributed by atoms with van der Waals surface area (Å²) in [6.07, 6.45) is -25.4. The fourth-order valence-electron chi connectivity index (χ4n) is 2.72. The molecule has 0 unspecified atom stereocenters. The Balaban J connectivity index is 4.35. The van der Waals surface area contributed by atoms with Crippen molar-refractivity contribution in [3.05, 3.63) is 0 Å². The molecule has 1 fully saturated rings. The van der Waals surface area contributed by atoms with E-state index in [2.05, 4.69) is 0 Å². The summed E-state index contributed by atoms with van der Waals surface area (Å²) in [6.45, 7) is 0. The molecule has 0 atom stereocenters. The van der Waals surface area contributed by atoms with Crippen molar-refractivity contribution in [3.63, 3.8) is 0 Å². The van der Waals surface area contributed by atoms with Crippen LogP contribution in [0.15, 0.2) is 0 Å². The fourth-order valence-corrected chi connectivity index (χ4v) is 2.72. The maximum Gasteiger partial charge on any atom is 0.412 e. The van der Waals surface area contributed by atoms with Crippen LogP contribution >= 0.6 is 0 Å². The van der Waals surface area contributed by atoms with Crippen LogP contribution < -0.4 is 0 Å². The second kappa shape index (κ2) is 5.67. The Bertz CT molecular complexity index is 575. The predicted molar refractivity (Wildman–Crippen MR) is 48.8 cm³/mol. The van der Waals surface area contributed by atoms with Crippen LogP contribution in [-0.4, -0.2) is 48.1 Å². The average Bonchev–Trinajstić information content (AvgIpc) is 2.37. The highest BCUT2D eigenvalue weighted by atomic mass is 19.4. The van der Waals surface area contributed by atoms with Gasteiger partial charge in [-0.05, 0) is 0 Å². The van der Waals surface area contributed by atoms with Crippen LogP contribution in [0.3, 0.4) is 0 Å². The minimum absolute atomic E-state index is 7.47. The lowest BCUT2D eigenvalue weighted by molar-refractivity contribution is -0.530. The van der Waals surface area contributed by atoms with E-state index in [9.17, 15) is 83.4 Å². The summed E-state index contributed by atoms with van der Waals surface area (Å²) in [7, 11) is 0. The Morgan fingerprint density at radius 3 is 0.759 bits per heavy atom. The van der Waals surface area contributed by atoms with E-state index in [0.29, 0.717) is 0 Å². The third-order valence-corrected chi connectivity index (χ3v) is 4.13. The molecule has 1 saturated carbocycles. The van der Waals surface area contributed by atoms with Gasteiger partial charge in [0.25, 0.3) is 5.41 Å². The second-order valence-corrected chi connectivity index (χ2v) is 5.70. The molecular weight excluding hydrogens is 481 g/mol. The maximum absolute atomic E-state index is 13.5. The molecule has 0 aromatic carbocycles. The summed E-state index contributed by atoms with van der Waals surface area (Å²) in [5, 5.41) is 0. The first-order chi connectivity index (χ1) is 12.1. The first-order valence-corrected chi connectivity index (χ1v) is 6.21. The molecule has 1 rings (SSSR count). The minimum Gasteiger partial charge on any atom is -0.199 e. The van der Waals surface area contributed by atoms with Gasteiger partial charge in [-0.15, -0.1) is 0 Å². The topological polar surface area (TPSA) is 0 Å². The third kappa shape index (κ3) is 2.56. The Labute approximate surface area is 144 Å². The molecule has 174 valence electrons. The van der Waals surface area contributed by atoms with Crippen molar-refractivity contribution in [2.75, 3.05) is 0 Å². The van der Waals surface area contributed by atoms with Gasteiger partial charge in [0.05, 0.1) is 0 Å². The van der Waals surface area contributed by atoms with Crippen molar-refractivity contribution in [1.82, 2.24) is 0 Å². The molecule has 1 aliphatic carbocycles. The van der Waals surface area contributed by atoms with Gasteiger partial charge in [-0.1, -0.05) is 0 Å². The van der Waals surface area contributed by atoms with Crippen molar-refractivity contribution in [3.8, 4) is 0 Å². The van der Waals surface area contributed by atoms with Gasteiger partial charge in [0.2, 0.25) is 0 Å². The van der Waals surface area contributed by atoms with Gasteiger partial charge in [0, 0.05) is 0 Å². The van der Waals surface area contributed by atoms with Crippen LogP contribution in [0.4, 0.5) is 83.4 Å². The number of hydrogen-bond donors (Lipinski definition) is 0. The zero-order valence-electron chi connectivity index (χ0n) is 12.3. The average molecular weight is 482 g/mol. The third-order valence-electron chi connectivity index (χ3n) is 4.13. The van der Waals surface area contributed by atoms with E-state index >= 15 is 0 Å². The quantitative estimate of drug-likeness (QED) is 0.377. The SMILES string of the molecule is FC(F)(F)C(C1C(F)(F)C(F)(F)C(F)(F)C(F)(F)C1(F)F)(C(F)(F)F)C(F)(F)F. The number of rotatable bonds is 1. The van der Waals surface area contributed by atoms with Crippen LogP contribution in [0.5, 0.6) is 0 Å². The van der Waals surface area contributed by atoms with Gasteiger partial charge in [0.15, 0.2) is 0 Å². The molecular formula is C10HF19. The molecule has 19 heteroatoms. The molecule has 1 aliphatic rings. The van der Waals surface area contributed by atoms with Crippen LogP contribution in [0.25, 0.3) is 0 Å². The first kappa shape index (κ1) is 25.7. The monoisotopic (exact) mass is 482 g/mol. The van der Waals surface area contributed by atoms with E-state index in [1.807, 2.05) is 0 Å². The van der Waals surface area contributed by atoms with Crippen LogP contribution in [0.2, 0.25) is 0 Å². The maximum atomic E-state index is 13.5. The molecule has 0 N–H and O–H groups in total. The summed E-state index contributed by atoms with van der Waals surface area (Å²) in [5.41, 5.74) is -8.66. The van der Waals surface area contributed by atoms with Crippen LogP contribution in [0.1, 0.15) is 0 Å². The van der Waals surface area contributed by atoms with Crippen molar-refractivity contribution in [1.29, 1.82) is 0 Å². The van der Waals surface area contributed by atoms with Crippen LogP contribution in [0, 0.1) is 11.3 Å². The number of alkyl halides is 19. The highest BCUT2D eigenvalue weighted by Crippen LogP contribution is 2.76. The molecule has 29 heavy (non-hydrogen) atoms. The van der Waals surface area contributed by atoms with Crippen molar-refractivity contribution >= 4 is 0 Å². The van der Waals surface area contributed by atoms with Gasteiger partial charge in [-0.25, -0.2) is 0 Å². The predicted octanol–water partition coefficient (Wildman–Crippen LogP) is 6.47. The second-order valence-electron chi connectivity index (χ2n) is 5.70. The van der Waals surface area contributed by atoms with E-state index in [1.54, 1.807) is 0 Å². The molecule has 0 amide bonds. The van der Waals surface area contributed by atoms with Crippen molar-refractivity contribution in [2.24, 2.45) is 11.3 Å². The van der Waals surface area contributed by atoms with E-state index < -0.39 is 59.5 Å². The van der Waals surface area contributed by atoms with E-state index in [0.717, 1.165) is 0 Å². The Morgan fingerprint density at radius 2 is 0.586 bits per heavy atom. The molecule has 0 aliphatic heterocycles. The first-order valence-electron chi connectivity index (χ1n) is 6.21. The van der Waals surface area contributed by atoms with E-state index in [1.165, 1.54) is 0 Å². The largest absolute Gasteiger partial charge is 0.412 e. The molecule has 0 aromatic heterocycles. The minimum atomic E-state index is -8.66. The number of halogens is 19. The Morgan fingerprint density at radius 1 is 0.379 bits per heavy atom. The fraction of sp³-hybridized carbons (Fsp3) is 1.00. The normalized spacial score (nSPS) is 27.0. The molecule has 0 saturated heterocycles. The standard InChI is InChI=1S/C10HF19/c11-3(12)1(2(8(21,22)23,9(24,25)26)10(27,28)29)4(13,14)6(17,18)7(19,20)5(3,15)16/h1H. The zero-order chi connectivity index (χ0) is 24.1. The van der Waals surface area contributed by atoms with E-state index in [4.69, 9.17) is 0 Å².